The number of furan rings is 1. The van der Waals surface area contributed by atoms with Crippen molar-refractivity contribution in [3.63, 3.8) is 0 Å². The van der Waals surface area contributed by atoms with Gasteiger partial charge in [-0.1, -0.05) is 12.1 Å². The van der Waals surface area contributed by atoms with Crippen LogP contribution >= 0.6 is 0 Å². The van der Waals surface area contributed by atoms with Gasteiger partial charge < -0.3 is 9.15 Å². The summed E-state index contributed by atoms with van der Waals surface area (Å²) in [6.07, 6.45) is 3.44. The van der Waals surface area contributed by atoms with Crippen LogP contribution in [0.15, 0.2) is 53.0 Å². The van der Waals surface area contributed by atoms with Crippen LogP contribution in [0.1, 0.15) is 22.8 Å². The van der Waals surface area contributed by atoms with Gasteiger partial charge in [-0.25, -0.2) is 0 Å². The zero-order valence-corrected chi connectivity index (χ0v) is 12.1. The first-order valence-electron chi connectivity index (χ1n) is 7.29. The predicted molar refractivity (Wildman–Crippen MR) is 86.2 cm³/mol. The molecule has 1 aliphatic carbocycles. The summed E-state index contributed by atoms with van der Waals surface area (Å²) in [6.45, 7) is 2.60. The third-order valence-electron chi connectivity index (χ3n) is 3.85. The van der Waals surface area contributed by atoms with E-state index in [1.54, 1.807) is 6.08 Å². The van der Waals surface area contributed by atoms with Crippen molar-refractivity contribution in [3.8, 4) is 17.1 Å². The Balaban J connectivity index is 1.90. The van der Waals surface area contributed by atoms with Gasteiger partial charge in [-0.2, -0.15) is 0 Å². The number of carbonyl (C=O) groups is 1. The Morgan fingerprint density at radius 3 is 2.64 bits per heavy atom. The van der Waals surface area contributed by atoms with Crippen LogP contribution in [0.3, 0.4) is 0 Å². The molecule has 0 fully saturated rings. The summed E-state index contributed by atoms with van der Waals surface area (Å²) in [5.74, 6) is 1.65. The monoisotopic (exact) mass is 290 g/mol. The van der Waals surface area contributed by atoms with Crippen molar-refractivity contribution in [1.29, 1.82) is 0 Å². The summed E-state index contributed by atoms with van der Waals surface area (Å²) in [5, 5.41) is 0.902. The molecule has 0 bridgehead atoms. The molecule has 3 heteroatoms. The SMILES string of the molecule is CCOc1ccc(-c2oc3cccc4c3c2C=CC4=O)cc1. The average molecular weight is 290 g/mol. The van der Waals surface area contributed by atoms with Gasteiger partial charge in [-0.15, -0.1) is 0 Å². The van der Waals surface area contributed by atoms with Gasteiger partial charge in [0.2, 0.25) is 0 Å². The Morgan fingerprint density at radius 2 is 1.86 bits per heavy atom. The lowest BCUT2D eigenvalue weighted by atomic mass is 9.95. The summed E-state index contributed by atoms with van der Waals surface area (Å²) < 4.78 is 11.5. The van der Waals surface area contributed by atoms with E-state index >= 15 is 0 Å². The minimum atomic E-state index is 0.0251. The maximum atomic E-state index is 12.0. The molecular weight excluding hydrogens is 276 g/mol. The maximum absolute atomic E-state index is 12.0. The summed E-state index contributed by atoms with van der Waals surface area (Å²) in [4.78, 5) is 12.0. The number of rotatable bonds is 3. The normalized spacial score (nSPS) is 12.9. The minimum absolute atomic E-state index is 0.0251. The van der Waals surface area contributed by atoms with Crippen LogP contribution in [0.2, 0.25) is 0 Å². The van der Waals surface area contributed by atoms with Gasteiger partial charge in [0.15, 0.2) is 5.78 Å². The third kappa shape index (κ3) is 1.86. The fourth-order valence-electron chi connectivity index (χ4n) is 2.87. The lowest BCUT2D eigenvalue weighted by Crippen LogP contribution is -1.99. The van der Waals surface area contributed by atoms with Crippen molar-refractivity contribution in [2.24, 2.45) is 0 Å². The molecule has 22 heavy (non-hydrogen) atoms. The van der Waals surface area contributed by atoms with Gasteiger partial charge in [-0.3, -0.25) is 4.79 Å². The molecule has 1 aliphatic rings. The lowest BCUT2D eigenvalue weighted by molar-refractivity contribution is 0.104. The number of hydrogen-bond donors (Lipinski definition) is 0. The van der Waals surface area contributed by atoms with Gasteiger partial charge in [0, 0.05) is 22.1 Å². The molecule has 0 amide bonds. The molecule has 0 saturated carbocycles. The van der Waals surface area contributed by atoms with Crippen LogP contribution in [-0.4, -0.2) is 12.4 Å². The van der Waals surface area contributed by atoms with Gasteiger partial charge >= 0.3 is 0 Å². The zero-order chi connectivity index (χ0) is 15.1. The highest BCUT2D eigenvalue weighted by Crippen LogP contribution is 2.39. The molecule has 0 aliphatic heterocycles. The van der Waals surface area contributed by atoms with E-state index in [0.29, 0.717) is 12.2 Å². The van der Waals surface area contributed by atoms with Crippen molar-refractivity contribution < 1.29 is 13.9 Å². The zero-order valence-electron chi connectivity index (χ0n) is 12.1. The minimum Gasteiger partial charge on any atom is -0.494 e. The van der Waals surface area contributed by atoms with Crippen LogP contribution in [0.5, 0.6) is 5.75 Å². The Hall–Kier alpha value is -2.81. The van der Waals surface area contributed by atoms with Crippen molar-refractivity contribution in [3.05, 3.63) is 59.7 Å². The van der Waals surface area contributed by atoms with Crippen LogP contribution in [0, 0.1) is 0 Å². The molecule has 0 saturated heterocycles. The fraction of sp³-hybridized carbons (Fsp3) is 0.105. The molecule has 0 radical (unpaired) electrons. The third-order valence-corrected chi connectivity index (χ3v) is 3.85. The molecule has 0 unspecified atom stereocenters. The number of benzene rings is 2. The van der Waals surface area contributed by atoms with Crippen LogP contribution in [-0.2, 0) is 0 Å². The van der Waals surface area contributed by atoms with Crippen molar-refractivity contribution in [2.45, 2.75) is 6.92 Å². The number of carbonyl (C=O) groups excluding carboxylic acids is 1. The van der Waals surface area contributed by atoms with Crippen molar-refractivity contribution >= 4 is 22.8 Å². The van der Waals surface area contributed by atoms with E-state index in [2.05, 4.69) is 0 Å². The first kappa shape index (κ1) is 12.9. The van der Waals surface area contributed by atoms with E-state index in [-0.39, 0.29) is 5.78 Å². The van der Waals surface area contributed by atoms with Crippen LogP contribution < -0.4 is 4.74 Å². The molecule has 4 rings (SSSR count). The molecule has 2 aromatic carbocycles. The summed E-state index contributed by atoms with van der Waals surface area (Å²) >= 11 is 0. The van der Waals surface area contributed by atoms with Gasteiger partial charge in [0.1, 0.15) is 17.1 Å². The largest absolute Gasteiger partial charge is 0.494 e. The Bertz CT molecular complexity index is 898. The maximum Gasteiger partial charge on any atom is 0.186 e. The van der Waals surface area contributed by atoms with E-state index in [4.69, 9.17) is 9.15 Å². The van der Waals surface area contributed by atoms with E-state index in [1.165, 1.54) is 0 Å². The molecule has 3 nitrogen and oxygen atoms in total. The highest BCUT2D eigenvalue weighted by Gasteiger charge is 2.22. The highest BCUT2D eigenvalue weighted by atomic mass is 16.5. The van der Waals surface area contributed by atoms with E-state index in [9.17, 15) is 4.79 Å². The van der Waals surface area contributed by atoms with Crippen LogP contribution in [0.4, 0.5) is 0 Å². The van der Waals surface area contributed by atoms with Gasteiger partial charge in [0.25, 0.3) is 0 Å². The first-order chi connectivity index (χ1) is 10.8. The molecule has 3 aromatic rings. The Morgan fingerprint density at radius 1 is 1.05 bits per heavy atom. The average Bonchev–Trinajstić information content (AvgIpc) is 2.92. The predicted octanol–water partition coefficient (Wildman–Crippen LogP) is 4.71. The smallest absolute Gasteiger partial charge is 0.186 e. The quantitative estimate of drug-likeness (QED) is 0.701. The number of allylic oxidation sites excluding steroid dienone is 1. The number of ketones is 1. The van der Waals surface area contributed by atoms with Crippen LogP contribution in [0.25, 0.3) is 28.4 Å². The molecular formula is C19H14O3. The fourth-order valence-corrected chi connectivity index (χ4v) is 2.87. The topological polar surface area (TPSA) is 39.4 Å². The van der Waals surface area contributed by atoms with Gasteiger partial charge in [-0.05, 0) is 49.4 Å². The molecule has 1 aromatic heterocycles. The summed E-state index contributed by atoms with van der Waals surface area (Å²) in [7, 11) is 0. The lowest BCUT2D eigenvalue weighted by Gasteiger charge is -2.06. The molecule has 108 valence electrons. The van der Waals surface area contributed by atoms with E-state index in [0.717, 1.165) is 33.6 Å². The standard InChI is InChI=1S/C19H14O3/c1-2-21-13-8-6-12(7-9-13)19-15-10-11-16(20)14-4-3-5-17(22-19)18(14)15/h3-11H,2H2,1H3. The summed E-state index contributed by atoms with van der Waals surface area (Å²) in [5.41, 5.74) is 3.39. The van der Waals surface area contributed by atoms with Gasteiger partial charge in [0.05, 0.1) is 6.61 Å². The molecule has 0 spiro atoms. The highest BCUT2D eigenvalue weighted by molar-refractivity contribution is 6.20. The first-order valence-corrected chi connectivity index (χ1v) is 7.29. The second-order valence-corrected chi connectivity index (χ2v) is 5.18. The van der Waals surface area contributed by atoms with E-state index < -0.39 is 0 Å². The number of ether oxygens (including phenoxy) is 1. The second-order valence-electron chi connectivity index (χ2n) is 5.18. The molecule has 1 heterocycles. The number of hydrogen-bond acceptors (Lipinski definition) is 3. The Labute approximate surface area is 127 Å². The van der Waals surface area contributed by atoms with Crippen molar-refractivity contribution in [2.75, 3.05) is 6.61 Å². The molecule has 0 atom stereocenters. The molecule has 0 N–H and O–H groups in total. The Kier molecular flexibility index (Phi) is 2.86. The van der Waals surface area contributed by atoms with Crippen molar-refractivity contribution in [1.82, 2.24) is 0 Å². The summed E-state index contributed by atoms with van der Waals surface area (Å²) in [6, 6.07) is 13.4. The second kappa shape index (κ2) is 4.88. The van der Waals surface area contributed by atoms with E-state index in [1.807, 2.05) is 55.5 Å².